The molecule has 0 saturated heterocycles. The van der Waals surface area contributed by atoms with Crippen LogP contribution in [-0.2, 0) is 0 Å². The van der Waals surface area contributed by atoms with Gasteiger partial charge < -0.3 is 5.73 Å². The fourth-order valence-corrected chi connectivity index (χ4v) is 1.66. The van der Waals surface area contributed by atoms with E-state index in [0.717, 1.165) is 13.6 Å². The molecule has 0 aliphatic carbocycles. The monoisotopic (exact) mass is 360 g/mol. The number of nitrogens with one attached hydrogen (secondary N) is 1. The molecular weight excluding hydrogens is 354 g/mol. The fourth-order valence-electron chi connectivity index (χ4n) is 0.704. The van der Waals surface area contributed by atoms with Gasteiger partial charge >= 0.3 is 0 Å². The van der Waals surface area contributed by atoms with Gasteiger partial charge in [-0.2, -0.15) is 0 Å². The minimum Gasteiger partial charge on any atom is -0.384 e. The average molecular weight is 361 g/mol. The maximum Gasteiger partial charge on any atom is 0.123 e. The summed E-state index contributed by atoms with van der Waals surface area (Å²) in [5.41, 5.74) is 6.08. The number of nitrogen functional groups attached to an aromatic ring is 1. The van der Waals surface area contributed by atoms with Gasteiger partial charge in [-0.3, -0.25) is 5.41 Å². The first kappa shape index (κ1) is 12.2. The molecule has 1 aromatic carbocycles. The molecule has 0 amide bonds. The number of hydrogen-bond donors (Lipinski definition) is 2. The van der Waals surface area contributed by atoms with Crippen molar-refractivity contribution >= 4 is 56.8 Å². The summed E-state index contributed by atoms with van der Waals surface area (Å²) < 4.78 is 1.95. The van der Waals surface area contributed by atoms with Crippen molar-refractivity contribution in [3.63, 3.8) is 0 Å². The molecule has 1 aromatic rings. The van der Waals surface area contributed by atoms with Crippen LogP contribution in [0.3, 0.4) is 0 Å². The molecular formula is C7H7BrClIN2. The van der Waals surface area contributed by atoms with Gasteiger partial charge in [0.1, 0.15) is 5.84 Å². The quantitative estimate of drug-likeness (QED) is 0.451. The molecule has 0 radical (unpaired) electrons. The average Bonchev–Trinajstić information content (AvgIpc) is 1.94. The predicted octanol–water partition coefficient (Wildman–Crippen LogP) is 2.76. The summed E-state index contributed by atoms with van der Waals surface area (Å²) in [6, 6.07) is 5.71. The largest absolute Gasteiger partial charge is 0.384 e. The lowest BCUT2D eigenvalue weighted by atomic mass is 10.2. The third-order valence-electron chi connectivity index (χ3n) is 1.22. The van der Waals surface area contributed by atoms with Gasteiger partial charge in [0, 0.05) is 13.6 Å². The molecule has 66 valence electrons. The highest BCUT2D eigenvalue weighted by Crippen LogP contribution is 2.18. The second-order valence-corrected chi connectivity index (χ2v) is 4.14. The van der Waals surface area contributed by atoms with Gasteiger partial charge in [0.25, 0.3) is 0 Å². The van der Waals surface area contributed by atoms with Gasteiger partial charge in [-0.15, -0.1) is 12.4 Å². The molecule has 0 bridgehead atoms. The number of rotatable bonds is 1. The summed E-state index contributed by atoms with van der Waals surface area (Å²) in [7, 11) is 0. The van der Waals surface area contributed by atoms with E-state index in [4.69, 9.17) is 11.1 Å². The first-order valence-corrected chi connectivity index (χ1v) is 4.78. The van der Waals surface area contributed by atoms with E-state index in [1.807, 2.05) is 18.2 Å². The smallest absolute Gasteiger partial charge is 0.123 e. The Morgan fingerprint density at radius 2 is 2.08 bits per heavy atom. The predicted molar refractivity (Wildman–Crippen MR) is 65.1 cm³/mol. The van der Waals surface area contributed by atoms with Crippen molar-refractivity contribution in [2.45, 2.75) is 0 Å². The Labute approximate surface area is 99.1 Å². The molecule has 0 fully saturated rings. The summed E-state index contributed by atoms with van der Waals surface area (Å²) in [6.45, 7) is 0. The van der Waals surface area contributed by atoms with E-state index >= 15 is 0 Å². The molecule has 12 heavy (non-hydrogen) atoms. The zero-order chi connectivity index (χ0) is 8.43. The molecule has 0 aliphatic heterocycles. The second kappa shape index (κ2) is 5.04. The molecule has 2 nitrogen and oxygen atoms in total. The van der Waals surface area contributed by atoms with E-state index in [1.165, 1.54) is 0 Å². The number of nitrogens with two attached hydrogens (primary N) is 1. The highest BCUT2D eigenvalue weighted by Gasteiger charge is 2.01. The molecule has 0 spiro atoms. The molecule has 0 aromatic heterocycles. The maximum absolute atomic E-state index is 7.22. The third kappa shape index (κ3) is 2.91. The normalized spacial score (nSPS) is 8.83. The summed E-state index contributed by atoms with van der Waals surface area (Å²) >= 11 is 5.49. The SMILES string of the molecule is Cl.N=C(N)c1cc(I)ccc1Br. The lowest BCUT2D eigenvalue weighted by molar-refractivity contribution is 1.40. The van der Waals surface area contributed by atoms with E-state index in [2.05, 4.69) is 38.5 Å². The van der Waals surface area contributed by atoms with Crippen molar-refractivity contribution in [2.24, 2.45) is 5.73 Å². The van der Waals surface area contributed by atoms with Crippen LogP contribution < -0.4 is 5.73 Å². The van der Waals surface area contributed by atoms with Crippen molar-refractivity contribution in [1.29, 1.82) is 5.41 Å². The van der Waals surface area contributed by atoms with Gasteiger partial charge in [0.15, 0.2) is 0 Å². The molecule has 0 saturated carbocycles. The standard InChI is InChI=1S/C7H6BrIN2.ClH/c8-6-2-1-4(9)3-5(6)7(10)11;/h1-3H,(H3,10,11);1H. The minimum absolute atomic E-state index is 0. The topological polar surface area (TPSA) is 49.9 Å². The number of amidine groups is 1. The van der Waals surface area contributed by atoms with Crippen LogP contribution in [0.25, 0.3) is 0 Å². The van der Waals surface area contributed by atoms with Crippen LogP contribution in [0, 0.1) is 8.98 Å². The van der Waals surface area contributed by atoms with Crippen molar-refractivity contribution in [3.8, 4) is 0 Å². The fraction of sp³-hybridized carbons (Fsp3) is 0. The first-order chi connectivity index (χ1) is 5.11. The molecule has 0 unspecified atom stereocenters. The molecule has 3 N–H and O–H groups in total. The van der Waals surface area contributed by atoms with Crippen molar-refractivity contribution in [3.05, 3.63) is 31.8 Å². The Bertz CT molecular complexity index is 303. The van der Waals surface area contributed by atoms with Crippen LogP contribution in [0.2, 0.25) is 0 Å². The number of hydrogen-bond acceptors (Lipinski definition) is 1. The second-order valence-electron chi connectivity index (χ2n) is 2.04. The third-order valence-corrected chi connectivity index (χ3v) is 2.58. The van der Waals surface area contributed by atoms with E-state index in [-0.39, 0.29) is 18.2 Å². The zero-order valence-corrected chi connectivity index (χ0v) is 10.5. The molecule has 0 atom stereocenters. The summed E-state index contributed by atoms with van der Waals surface area (Å²) in [4.78, 5) is 0. The zero-order valence-electron chi connectivity index (χ0n) is 5.97. The van der Waals surface area contributed by atoms with Gasteiger partial charge in [-0.25, -0.2) is 0 Å². The number of benzene rings is 1. The van der Waals surface area contributed by atoms with Crippen LogP contribution in [0.15, 0.2) is 22.7 Å². The number of halogens is 3. The van der Waals surface area contributed by atoms with Gasteiger partial charge in [-0.05, 0) is 40.8 Å². The lowest BCUT2D eigenvalue weighted by Crippen LogP contribution is -2.11. The Kier molecular flexibility index (Phi) is 5.12. The maximum atomic E-state index is 7.22. The molecule has 0 aliphatic rings. The van der Waals surface area contributed by atoms with Crippen molar-refractivity contribution in [1.82, 2.24) is 0 Å². The van der Waals surface area contributed by atoms with Gasteiger partial charge in [0.05, 0.1) is 0 Å². The van der Waals surface area contributed by atoms with Gasteiger partial charge in [-0.1, -0.05) is 15.9 Å². The summed E-state index contributed by atoms with van der Waals surface area (Å²) in [6.07, 6.45) is 0. The molecule has 5 heteroatoms. The van der Waals surface area contributed by atoms with Crippen LogP contribution in [0.5, 0.6) is 0 Å². The Morgan fingerprint density at radius 1 is 1.50 bits per heavy atom. The summed E-state index contributed by atoms with van der Waals surface area (Å²) in [5.74, 6) is 0.0930. The van der Waals surface area contributed by atoms with Crippen molar-refractivity contribution in [2.75, 3.05) is 0 Å². The van der Waals surface area contributed by atoms with Crippen LogP contribution in [0.1, 0.15) is 5.56 Å². The van der Waals surface area contributed by atoms with Crippen LogP contribution >= 0.6 is 50.9 Å². The Hall–Kier alpha value is 0.190. The highest BCUT2D eigenvalue weighted by atomic mass is 127. The van der Waals surface area contributed by atoms with Crippen molar-refractivity contribution < 1.29 is 0 Å². The van der Waals surface area contributed by atoms with E-state index in [9.17, 15) is 0 Å². The molecule has 0 heterocycles. The van der Waals surface area contributed by atoms with E-state index in [0.29, 0.717) is 0 Å². The summed E-state index contributed by atoms with van der Waals surface area (Å²) in [5, 5.41) is 7.22. The van der Waals surface area contributed by atoms with Crippen LogP contribution in [0.4, 0.5) is 0 Å². The molecule has 1 rings (SSSR count). The highest BCUT2D eigenvalue weighted by molar-refractivity contribution is 14.1. The Balaban J connectivity index is 0.00000121. The van der Waals surface area contributed by atoms with Gasteiger partial charge in [0.2, 0.25) is 0 Å². The first-order valence-electron chi connectivity index (χ1n) is 2.90. The van der Waals surface area contributed by atoms with E-state index < -0.39 is 0 Å². The Morgan fingerprint density at radius 3 is 2.50 bits per heavy atom. The van der Waals surface area contributed by atoms with E-state index in [1.54, 1.807) is 0 Å². The van der Waals surface area contributed by atoms with Crippen LogP contribution in [-0.4, -0.2) is 5.84 Å². The minimum atomic E-state index is 0. The lowest BCUT2D eigenvalue weighted by Gasteiger charge is -2.01.